The molecule has 1 spiro atoms. The van der Waals surface area contributed by atoms with Gasteiger partial charge in [0.2, 0.25) is 0 Å². The lowest BCUT2D eigenvalue weighted by molar-refractivity contribution is -0.241. The summed E-state index contributed by atoms with van der Waals surface area (Å²) < 4.78 is 23.4. The van der Waals surface area contributed by atoms with Gasteiger partial charge in [0.05, 0.1) is 13.2 Å². The highest BCUT2D eigenvalue weighted by Crippen LogP contribution is 2.68. The zero-order chi connectivity index (χ0) is 36.0. The van der Waals surface area contributed by atoms with E-state index in [1.54, 1.807) is 0 Å². The lowest BCUT2D eigenvalue weighted by Crippen LogP contribution is -2.54. The molecule has 4 saturated carbocycles. The number of rotatable bonds is 2. The van der Waals surface area contributed by atoms with Crippen LogP contribution in [-0.2, 0) is 28.5 Å². The van der Waals surface area contributed by atoms with Gasteiger partial charge in [0.1, 0.15) is 12.2 Å². The molecule has 5 fully saturated rings. The minimum atomic E-state index is -0.323. The third kappa shape index (κ3) is 5.69. The van der Waals surface area contributed by atoms with E-state index >= 15 is 0 Å². The molecule has 0 radical (unpaired) electrons. The van der Waals surface area contributed by atoms with Crippen LogP contribution in [0.25, 0.3) is 0 Å². The zero-order valence-corrected chi connectivity index (χ0v) is 32.1. The van der Waals surface area contributed by atoms with Crippen LogP contribution in [0.1, 0.15) is 126 Å². The van der Waals surface area contributed by atoms with E-state index in [-0.39, 0.29) is 53.6 Å². The second-order valence-electron chi connectivity index (χ2n) is 18.7. The molecule has 12 atom stereocenters. The molecule has 0 N–H and O–H groups in total. The van der Waals surface area contributed by atoms with Gasteiger partial charge in [-0.05, 0) is 111 Å². The van der Waals surface area contributed by atoms with E-state index in [1.807, 2.05) is 0 Å². The molecule has 1 heterocycles. The van der Waals surface area contributed by atoms with Crippen LogP contribution in [0.2, 0.25) is 0 Å². The molecule has 6 heteroatoms. The standard InChI is InChI=1S/C23H32O4.C22H30O2.CH4/c1-15(24)27-17-6-9-21(2)16(14-17)4-5-18-19(21)7-10-22(3)20(18)8-11-23(22)25-12-13-26-23;1-14-5-8-19-18-7-6-16-13-17(24-15(2)23)9-11-22(16,4)20(18)10-12-21(14,19)3;/h4,6,9,17-20H,5,7-8,10-14H2,1-3H3;6,9,11,17-20H,1,5,7-8,10,12-13H2,2-4H3;1H4/t17-,18+,19-,20-,21-,22-;17-,18-,19-,20-,21+,22-;/m00./s1. The largest absolute Gasteiger partial charge is 0.458 e. The Bertz CT molecular complexity index is 1580. The molecular formula is C46H66O6. The van der Waals surface area contributed by atoms with Gasteiger partial charge < -0.3 is 18.9 Å². The van der Waals surface area contributed by atoms with Gasteiger partial charge in [-0.15, -0.1) is 0 Å². The topological polar surface area (TPSA) is 71.1 Å². The normalized spacial score (nSPS) is 46.0. The Hall–Kier alpha value is -2.44. The van der Waals surface area contributed by atoms with Gasteiger partial charge in [-0.2, -0.15) is 0 Å². The van der Waals surface area contributed by atoms with Crippen molar-refractivity contribution in [1.82, 2.24) is 0 Å². The van der Waals surface area contributed by atoms with Crippen molar-refractivity contribution in [2.24, 2.45) is 57.2 Å². The van der Waals surface area contributed by atoms with Crippen LogP contribution >= 0.6 is 0 Å². The maximum atomic E-state index is 11.4. The van der Waals surface area contributed by atoms with Crippen LogP contribution in [0.3, 0.4) is 0 Å². The van der Waals surface area contributed by atoms with E-state index in [0.29, 0.717) is 23.2 Å². The maximum Gasteiger partial charge on any atom is 0.303 e. The first-order valence-electron chi connectivity index (χ1n) is 20.3. The van der Waals surface area contributed by atoms with Crippen LogP contribution in [0.15, 0.2) is 59.8 Å². The molecule has 6 nitrogen and oxygen atoms in total. The summed E-state index contributed by atoms with van der Waals surface area (Å²) in [7, 11) is 0. The average molecular weight is 715 g/mol. The highest BCUT2D eigenvalue weighted by Gasteiger charge is 2.66. The summed E-state index contributed by atoms with van der Waals surface area (Å²) >= 11 is 0. The minimum Gasteiger partial charge on any atom is -0.458 e. The maximum absolute atomic E-state index is 11.4. The third-order valence-electron chi connectivity index (χ3n) is 16.6. The molecule has 9 aliphatic rings. The second-order valence-corrected chi connectivity index (χ2v) is 18.7. The Morgan fingerprint density at radius 2 is 1.21 bits per heavy atom. The van der Waals surface area contributed by atoms with E-state index in [4.69, 9.17) is 18.9 Å². The van der Waals surface area contributed by atoms with Crippen LogP contribution < -0.4 is 0 Å². The number of carbonyl (C=O) groups is 2. The van der Waals surface area contributed by atoms with Crippen molar-refractivity contribution in [3.8, 4) is 0 Å². The summed E-state index contributed by atoms with van der Waals surface area (Å²) in [6, 6.07) is 0. The molecule has 0 aromatic heterocycles. The van der Waals surface area contributed by atoms with Gasteiger partial charge in [0.25, 0.3) is 0 Å². The molecule has 52 heavy (non-hydrogen) atoms. The SMILES string of the molecule is C.C=C1CC[C@H]2[C@@H]3CC=C4C[C@@H](OC(C)=O)C=C[C@]4(C)[C@H]3CC[C@]12C.CC(=O)O[C@H]1C=C[C@@]2(C)C(=CC[C@@H]3[C@@H]2CC[C@@]2(C)[C@H]3CCC23OCCO3)C1. The average Bonchev–Trinajstić information content (AvgIpc) is 3.77. The Morgan fingerprint density at radius 3 is 1.75 bits per heavy atom. The van der Waals surface area contributed by atoms with E-state index in [1.165, 1.54) is 81.9 Å². The van der Waals surface area contributed by atoms with Gasteiger partial charge in [-0.25, -0.2) is 0 Å². The van der Waals surface area contributed by atoms with Gasteiger partial charge in [0.15, 0.2) is 5.79 Å². The predicted molar refractivity (Wildman–Crippen MR) is 205 cm³/mol. The highest BCUT2D eigenvalue weighted by atomic mass is 16.7. The molecule has 286 valence electrons. The monoisotopic (exact) mass is 714 g/mol. The summed E-state index contributed by atoms with van der Waals surface area (Å²) in [6.45, 7) is 18.6. The molecule has 1 aliphatic heterocycles. The Morgan fingerprint density at radius 1 is 0.712 bits per heavy atom. The third-order valence-corrected chi connectivity index (χ3v) is 16.6. The molecule has 0 unspecified atom stereocenters. The van der Waals surface area contributed by atoms with Crippen molar-refractivity contribution in [3.05, 3.63) is 59.8 Å². The number of fused-ring (bicyclic) bond motifs is 11. The first-order chi connectivity index (χ1) is 24.2. The number of allylic oxidation sites excluding steroid dienone is 5. The van der Waals surface area contributed by atoms with Crippen LogP contribution in [0, 0.1) is 57.2 Å². The predicted octanol–water partition coefficient (Wildman–Crippen LogP) is 10.2. The fourth-order valence-corrected chi connectivity index (χ4v) is 13.8. The number of carbonyl (C=O) groups excluding carboxylic acids is 2. The van der Waals surface area contributed by atoms with Gasteiger partial charge in [-0.1, -0.05) is 82.7 Å². The minimum absolute atomic E-state index is 0. The van der Waals surface area contributed by atoms with Gasteiger partial charge in [-0.3, -0.25) is 9.59 Å². The van der Waals surface area contributed by atoms with Crippen molar-refractivity contribution in [3.63, 3.8) is 0 Å². The molecule has 9 rings (SSSR count). The van der Waals surface area contributed by atoms with Crippen molar-refractivity contribution >= 4 is 11.9 Å². The molecule has 8 aliphatic carbocycles. The first kappa shape index (κ1) is 37.9. The van der Waals surface area contributed by atoms with E-state index < -0.39 is 0 Å². The quantitative estimate of drug-likeness (QED) is 0.210. The Kier molecular flexibility index (Phi) is 9.75. The summed E-state index contributed by atoms with van der Waals surface area (Å²) in [6.07, 6.45) is 27.7. The molecular weight excluding hydrogens is 649 g/mol. The summed E-state index contributed by atoms with van der Waals surface area (Å²) in [4.78, 5) is 22.7. The lowest BCUT2D eigenvalue weighted by atomic mass is 9.49. The van der Waals surface area contributed by atoms with E-state index in [0.717, 1.165) is 56.7 Å². The lowest BCUT2D eigenvalue weighted by Gasteiger charge is -2.57. The smallest absolute Gasteiger partial charge is 0.303 e. The van der Waals surface area contributed by atoms with E-state index in [2.05, 4.69) is 70.7 Å². The van der Waals surface area contributed by atoms with Crippen LogP contribution in [0.5, 0.6) is 0 Å². The van der Waals surface area contributed by atoms with Gasteiger partial charge in [0, 0.05) is 49.4 Å². The molecule has 1 saturated heterocycles. The highest BCUT2D eigenvalue weighted by molar-refractivity contribution is 5.67. The second kappa shape index (κ2) is 13.4. The fourth-order valence-electron chi connectivity index (χ4n) is 13.8. The zero-order valence-electron chi connectivity index (χ0n) is 32.1. The van der Waals surface area contributed by atoms with Crippen molar-refractivity contribution < 1.29 is 28.5 Å². The summed E-state index contributed by atoms with van der Waals surface area (Å²) in [5, 5.41) is 0. The number of hydrogen-bond donors (Lipinski definition) is 0. The Balaban J connectivity index is 0.000000160. The molecule has 0 bridgehead atoms. The first-order valence-corrected chi connectivity index (χ1v) is 20.3. The van der Waals surface area contributed by atoms with E-state index in [9.17, 15) is 9.59 Å². The number of ether oxygens (including phenoxy) is 4. The summed E-state index contributed by atoms with van der Waals surface area (Å²) in [5.41, 5.74) is 5.26. The van der Waals surface area contributed by atoms with Gasteiger partial charge >= 0.3 is 11.9 Å². The molecule has 0 amide bonds. The van der Waals surface area contributed by atoms with Crippen LogP contribution in [0.4, 0.5) is 0 Å². The van der Waals surface area contributed by atoms with Crippen LogP contribution in [-0.4, -0.2) is 43.1 Å². The molecule has 0 aromatic carbocycles. The number of esters is 2. The van der Waals surface area contributed by atoms with Crippen molar-refractivity contribution in [2.75, 3.05) is 13.2 Å². The van der Waals surface area contributed by atoms with Crippen molar-refractivity contribution in [1.29, 1.82) is 0 Å². The number of hydrogen-bond acceptors (Lipinski definition) is 6. The molecule has 0 aromatic rings. The fraction of sp³-hybridized carbons (Fsp3) is 0.739. The summed E-state index contributed by atoms with van der Waals surface area (Å²) in [5.74, 6) is 3.66. The van der Waals surface area contributed by atoms with Crippen molar-refractivity contribution in [2.45, 2.75) is 144 Å². The Labute approximate surface area is 313 Å².